The average Bonchev–Trinajstić information content (AvgIpc) is 2.77. The Bertz CT molecular complexity index is 565. The van der Waals surface area contributed by atoms with Crippen molar-refractivity contribution in [1.29, 1.82) is 0 Å². The van der Waals surface area contributed by atoms with Gasteiger partial charge in [0.25, 0.3) is 11.6 Å². The summed E-state index contributed by atoms with van der Waals surface area (Å²) >= 11 is 3.29. The van der Waals surface area contributed by atoms with Crippen LogP contribution < -0.4 is 0 Å². The van der Waals surface area contributed by atoms with E-state index >= 15 is 0 Å². The number of ether oxygens (including phenoxy) is 1. The number of amides is 1. The minimum atomic E-state index is -0.494. The maximum Gasteiger partial charge on any atom is 0.270 e. The molecular weight excluding hydrogens is 328 g/mol. The fourth-order valence-electron chi connectivity index (χ4n) is 2.74. The molecular formula is C13H13BrN2O4. The number of non-ortho nitro benzene ring substituents is 1. The van der Waals surface area contributed by atoms with Crippen LogP contribution in [0.25, 0.3) is 0 Å². The monoisotopic (exact) mass is 340 g/mol. The number of nitrogens with zero attached hydrogens (tertiary/aromatic N) is 2. The van der Waals surface area contributed by atoms with Crippen LogP contribution in [0.3, 0.4) is 0 Å². The molecule has 0 saturated carbocycles. The minimum absolute atomic E-state index is 0.0761. The van der Waals surface area contributed by atoms with Gasteiger partial charge in [0.05, 0.1) is 22.7 Å². The van der Waals surface area contributed by atoms with Crippen LogP contribution in [0, 0.1) is 10.1 Å². The molecule has 2 aliphatic heterocycles. The van der Waals surface area contributed by atoms with E-state index < -0.39 is 4.92 Å². The molecule has 1 aromatic carbocycles. The Kier molecular flexibility index (Phi) is 3.47. The lowest BCUT2D eigenvalue weighted by Crippen LogP contribution is -2.45. The van der Waals surface area contributed by atoms with Crippen LogP contribution in [-0.4, -0.2) is 41.0 Å². The highest BCUT2D eigenvalue weighted by Gasteiger charge is 2.36. The number of nitro benzene ring substituents is 1. The molecule has 2 unspecified atom stereocenters. The fourth-order valence-corrected chi connectivity index (χ4v) is 3.16. The first-order valence-corrected chi connectivity index (χ1v) is 7.22. The van der Waals surface area contributed by atoms with E-state index in [4.69, 9.17) is 4.74 Å². The second-order valence-electron chi connectivity index (χ2n) is 5.09. The lowest BCUT2D eigenvalue weighted by atomic mass is 10.1. The van der Waals surface area contributed by atoms with Crippen molar-refractivity contribution in [2.24, 2.45) is 0 Å². The first-order valence-electron chi connectivity index (χ1n) is 6.43. The van der Waals surface area contributed by atoms with E-state index in [0.717, 1.165) is 12.8 Å². The molecule has 20 heavy (non-hydrogen) atoms. The number of rotatable bonds is 2. The van der Waals surface area contributed by atoms with Gasteiger partial charge in [-0.05, 0) is 34.8 Å². The SMILES string of the molecule is O=C(c1cc([N+](=O)[O-])ccc1Br)N1CC2CCC(C1)O2. The number of hydrogen-bond donors (Lipinski definition) is 0. The number of morpholine rings is 1. The van der Waals surface area contributed by atoms with Crippen molar-refractivity contribution >= 4 is 27.5 Å². The Hall–Kier alpha value is -1.47. The van der Waals surface area contributed by atoms with E-state index in [9.17, 15) is 14.9 Å². The van der Waals surface area contributed by atoms with Crippen LogP contribution >= 0.6 is 15.9 Å². The molecule has 0 N–H and O–H groups in total. The van der Waals surface area contributed by atoms with E-state index in [0.29, 0.717) is 23.1 Å². The summed E-state index contributed by atoms with van der Waals surface area (Å²) in [6.45, 7) is 1.12. The van der Waals surface area contributed by atoms with Gasteiger partial charge in [-0.1, -0.05) is 0 Å². The second-order valence-corrected chi connectivity index (χ2v) is 5.94. The third kappa shape index (κ3) is 2.43. The molecule has 7 heteroatoms. The number of carbonyl (C=O) groups is 1. The van der Waals surface area contributed by atoms with Gasteiger partial charge in [0.15, 0.2) is 0 Å². The highest BCUT2D eigenvalue weighted by Crippen LogP contribution is 2.29. The van der Waals surface area contributed by atoms with Crippen molar-refractivity contribution in [3.05, 3.63) is 38.3 Å². The van der Waals surface area contributed by atoms with Crippen molar-refractivity contribution in [3.8, 4) is 0 Å². The zero-order valence-corrected chi connectivity index (χ0v) is 12.2. The molecule has 6 nitrogen and oxygen atoms in total. The summed E-state index contributed by atoms with van der Waals surface area (Å²) in [4.78, 5) is 24.6. The van der Waals surface area contributed by atoms with Gasteiger partial charge in [0.1, 0.15) is 0 Å². The summed E-state index contributed by atoms with van der Waals surface area (Å²) in [6, 6.07) is 4.24. The average molecular weight is 341 g/mol. The van der Waals surface area contributed by atoms with Crippen LogP contribution in [0.4, 0.5) is 5.69 Å². The van der Waals surface area contributed by atoms with Crippen LogP contribution in [0.15, 0.2) is 22.7 Å². The molecule has 2 bridgehead atoms. The maximum atomic E-state index is 12.5. The Morgan fingerprint density at radius 1 is 1.35 bits per heavy atom. The lowest BCUT2D eigenvalue weighted by Gasteiger charge is -2.32. The topological polar surface area (TPSA) is 72.7 Å². The highest BCUT2D eigenvalue weighted by molar-refractivity contribution is 9.10. The molecule has 1 amide bonds. The first-order chi connectivity index (χ1) is 9.54. The van der Waals surface area contributed by atoms with E-state index in [-0.39, 0.29) is 23.8 Å². The zero-order valence-electron chi connectivity index (χ0n) is 10.6. The van der Waals surface area contributed by atoms with E-state index in [1.54, 1.807) is 11.0 Å². The third-order valence-corrected chi connectivity index (χ3v) is 4.41. The molecule has 0 radical (unpaired) electrons. The van der Waals surface area contributed by atoms with Gasteiger partial charge in [0, 0.05) is 29.7 Å². The quantitative estimate of drug-likeness (QED) is 0.611. The lowest BCUT2D eigenvalue weighted by molar-refractivity contribution is -0.384. The summed E-state index contributed by atoms with van der Waals surface area (Å²) in [7, 11) is 0. The highest BCUT2D eigenvalue weighted by atomic mass is 79.9. The molecule has 3 rings (SSSR count). The number of carbonyl (C=O) groups excluding carboxylic acids is 1. The summed E-state index contributed by atoms with van der Waals surface area (Å²) in [6.07, 6.45) is 2.17. The fraction of sp³-hybridized carbons (Fsp3) is 0.462. The van der Waals surface area contributed by atoms with Crippen molar-refractivity contribution in [2.45, 2.75) is 25.0 Å². The predicted molar refractivity (Wildman–Crippen MR) is 74.6 cm³/mol. The van der Waals surface area contributed by atoms with Gasteiger partial charge < -0.3 is 9.64 Å². The van der Waals surface area contributed by atoms with Crippen LogP contribution in [-0.2, 0) is 4.74 Å². The molecule has 2 fully saturated rings. The first kappa shape index (κ1) is 13.5. The van der Waals surface area contributed by atoms with Gasteiger partial charge in [0.2, 0.25) is 0 Å². The molecule has 2 saturated heterocycles. The summed E-state index contributed by atoms with van der Waals surface area (Å²) in [5.74, 6) is -0.180. The summed E-state index contributed by atoms with van der Waals surface area (Å²) in [5, 5.41) is 10.8. The van der Waals surface area contributed by atoms with Crippen LogP contribution in [0.1, 0.15) is 23.2 Å². The van der Waals surface area contributed by atoms with Gasteiger partial charge in [-0.2, -0.15) is 0 Å². The molecule has 106 valence electrons. The molecule has 0 spiro atoms. The van der Waals surface area contributed by atoms with Gasteiger partial charge in [-0.3, -0.25) is 14.9 Å². The normalized spacial score (nSPS) is 24.8. The number of likely N-dealkylation sites (tertiary alicyclic amines) is 1. The molecule has 1 aromatic rings. The smallest absolute Gasteiger partial charge is 0.270 e. The minimum Gasteiger partial charge on any atom is -0.371 e. The van der Waals surface area contributed by atoms with Gasteiger partial charge in [-0.25, -0.2) is 0 Å². The van der Waals surface area contributed by atoms with Gasteiger partial charge in [-0.15, -0.1) is 0 Å². The Morgan fingerprint density at radius 3 is 2.60 bits per heavy atom. The number of fused-ring (bicyclic) bond motifs is 2. The van der Waals surface area contributed by atoms with E-state index in [1.807, 2.05) is 0 Å². The third-order valence-electron chi connectivity index (χ3n) is 3.72. The predicted octanol–water partition coefficient (Wildman–Crippen LogP) is 2.36. The zero-order chi connectivity index (χ0) is 14.3. The number of halogens is 1. The van der Waals surface area contributed by atoms with Crippen LogP contribution in [0.5, 0.6) is 0 Å². The molecule has 2 atom stereocenters. The molecule has 0 aliphatic carbocycles. The summed E-state index contributed by atoms with van der Waals surface area (Å²) in [5.41, 5.74) is 0.258. The van der Waals surface area contributed by atoms with Crippen molar-refractivity contribution < 1.29 is 14.5 Å². The maximum absolute atomic E-state index is 12.5. The van der Waals surface area contributed by atoms with Crippen molar-refractivity contribution in [1.82, 2.24) is 4.90 Å². The largest absolute Gasteiger partial charge is 0.371 e. The number of nitro groups is 1. The molecule has 0 aromatic heterocycles. The number of benzene rings is 1. The van der Waals surface area contributed by atoms with Crippen LogP contribution in [0.2, 0.25) is 0 Å². The summed E-state index contributed by atoms with van der Waals surface area (Å²) < 4.78 is 6.27. The van der Waals surface area contributed by atoms with E-state index in [2.05, 4.69) is 15.9 Å². The molecule has 2 heterocycles. The van der Waals surface area contributed by atoms with Gasteiger partial charge >= 0.3 is 0 Å². The van der Waals surface area contributed by atoms with Crippen molar-refractivity contribution in [2.75, 3.05) is 13.1 Å². The Morgan fingerprint density at radius 2 is 2.00 bits per heavy atom. The number of hydrogen-bond acceptors (Lipinski definition) is 4. The second kappa shape index (κ2) is 5.14. The van der Waals surface area contributed by atoms with E-state index in [1.165, 1.54) is 12.1 Å². The standard InChI is InChI=1S/C13H13BrN2O4/c14-12-4-1-8(16(18)19)5-11(12)13(17)15-6-9-2-3-10(7-15)20-9/h1,4-5,9-10H,2-3,6-7H2. The Balaban J connectivity index is 1.86. The van der Waals surface area contributed by atoms with Crippen molar-refractivity contribution in [3.63, 3.8) is 0 Å². The Labute approximate surface area is 124 Å². The molecule has 2 aliphatic rings.